The molecule has 0 fully saturated rings. The van der Waals surface area contributed by atoms with E-state index in [-0.39, 0.29) is 24.1 Å². The van der Waals surface area contributed by atoms with E-state index in [1.807, 2.05) is 31.2 Å². The minimum atomic E-state index is -0.306. The smallest absolute Gasteiger partial charge is 0.270 e. The third-order valence-corrected chi connectivity index (χ3v) is 3.38. The predicted molar refractivity (Wildman–Crippen MR) is 78.5 cm³/mol. The van der Waals surface area contributed by atoms with Crippen LogP contribution in [0.25, 0.3) is 10.8 Å². The van der Waals surface area contributed by atoms with E-state index in [1.165, 1.54) is 0 Å². The molecule has 0 aliphatic rings. The summed E-state index contributed by atoms with van der Waals surface area (Å²) < 4.78 is 0. The lowest BCUT2D eigenvalue weighted by Gasteiger charge is -2.13. The maximum Gasteiger partial charge on any atom is 0.270 e. The first-order chi connectivity index (χ1) is 9.65. The first-order valence-corrected chi connectivity index (χ1v) is 6.76. The van der Waals surface area contributed by atoms with Crippen molar-refractivity contribution in [2.45, 2.75) is 25.8 Å². The molecule has 0 saturated carbocycles. The summed E-state index contributed by atoms with van der Waals surface area (Å²) in [5, 5.41) is 13.5. The second kappa shape index (κ2) is 6.36. The van der Waals surface area contributed by atoms with Crippen molar-refractivity contribution in [1.82, 2.24) is 10.3 Å². The number of carbonyl (C=O) groups is 1. The number of amides is 1. The molecule has 0 bridgehead atoms. The average Bonchev–Trinajstić information content (AvgIpc) is 2.46. The molecule has 0 aliphatic heterocycles. The van der Waals surface area contributed by atoms with Gasteiger partial charge in [-0.15, -0.1) is 0 Å². The van der Waals surface area contributed by atoms with Gasteiger partial charge in [0.2, 0.25) is 0 Å². The number of nitriles is 1. The normalized spacial score (nSPS) is 11.8. The van der Waals surface area contributed by atoms with Crippen LogP contribution < -0.4 is 5.32 Å². The summed E-state index contributed by atoms with van der Waals surface area (Å²) in [4.78, 5) is 16.3. The molecule has 20 heavy (non-hydrogen) atoms. The highest BCUT2D eigenvalue weighted by atomic mass is 35.5. The van der Waals surface area contributed by atoms with Crippen molar-refractivity contribution in [1.29, 1.82) is 5.26 Å². The van der Waals surface area contributed by atoms with E-state index in [9.17, 15) is 4.79 Å². The summed E-state index contributed by atoms with van der Waals surface area (Å²) in [5.74, 6) is -0.306. The molecule has 1 amide bonds. The molecule has 0 radical (unpaired) electrons. The van der Waals surface area contributed by atoms with Gasteiger partial charge in [0.1, 0.15) is 10.8 Å². The van der Waals surface area contributed by atoms with Crippen molar-refractivity contribution >= 4 is 28.3 Å². The number of benzene rings is 1. The van der Waals surface area contributed by atoms with Gasteiger partial charge in [-0.3, -0.25) is 4.79 Å². The summed E-state index contributed by atoms with van der Waals surface area (Å²) in [6, 6.07) is 11.1. The quantitative estimate of drug-likeness (QED) is 0.877. The molecule has 1 atom stereocenters. The van der Waals surface area contributed by atoms with Crippen LogP contribution in [0, 0.1) is 11.3 Å². The number of carbonyl (C=O) groups excluding carboxylic acids is 1. The molecule has 1 aromatic carbocycles. The van der Waals surface area contributed by atoms with Crippen LogP contribution in [0.2, 0.25) is 5.15 Å². The number of pyridine rings is 1. The molecular formula is C15H14ClN3O. The van der Waals surface area contributed by atoms with Crippen LogP contribution in [0.5, 0.6) is 0 Å². The zero-order chi connectivity index (χ0) is 14.5. The Morgan fingerprint density at radius 3 is 2.95 bits per heavy atom. The van der Waals surface area contributed by atoms with Crippen molar-refractivity contribution in [2.24, 2.45) is 0 Å². The number of halogens is 1. The Kier molecular flexibility index (Phi) is 4.54. The number of rotatable bonds is 4. The minimum absolute atomic E-state index is 0.167. The molecule has 4 nitrogen and oxygen atoms in total. The van der Waals surface area contributed by atoms with E-state index in [1.54, 1.807) is 6.07 Å². The molecule has 5 heteroatoms. The van der Waals surface area contributed by atoms with Gasteiger partial charge in [-0.05, 0) is 17.9 Å². The van der Waals surface area contributed by atoms with Gasteiger partial charge in [0.25, 0.3) is 5.91 Å². The van der Waals surface area contributed by atoms with Gasteiger partial charge in [0.05, 0.1) is 12.5 Å². The van der Waals surface area contributed by atoms with Crippen LogP contribution in [0.4, 0.5) is 0 Å². The fourth-order valence-electron chi connectivity index (χ4n) is 1.94. The van der Waals surface area contributed by atoms with E-state index in [0.29, 0.717) is 11.6 Å². The topological polar surface area (TPSA) is 65.8 Å². The fourth-order valence-corrected chi connectivity index (χ4v) is 2.20. The SMILES string of the molecule is CCC(CC#N)NC(=O)c1cc2ccccc2c(Cl)n1. The number of hydrogen-bond acceptors (Lipinski definition) is 3. The van der Waals surface area contributed by atoms with Crippen LogP contribution >= 0.6 is 11.6 Å². The highest BCUT2D eigenvalue weighted by molar-refractivity contribution is 6.34. The summed E-state index contributed by atoms with van der Waals surface area (Å²) in [6.45, 7) is 1.92. The van der Waals surface area contributed by atoms with E-state index < -0.39 is 0 Å². The Morgan fingerprint density at radius 2 is 2.25 bits per heavy atom. The van der Waals surface area contributed by atoms with Crippen LogP contribution in [-0.4, -0.2) is 16.9 Å². The largest absolute Gasteiger partial charge is 0.347 e. The second-order valence-electron chi connectivity index (χ2n) is 4.46. The first-order valence-electron chi connectivity index (χ1n) is 6.38. The van der Waals surface area contributed by atoms with Gasteiger partial charge in [0.15, 0.2) is 0 Å². The minimum Gasteiger partial charge on any atom is -0.347 e. The van der Waals surface area contributed by atoms with Crippen LogP contribution in [-0.2, 0) is 0 Å². The zero-order valence-corrected chi connectivity index (χ0v) is 11.8. The lowest BCUT2D eigenvalue weighted by molar-refractivity contribution is 0.0932. The lowest BCUT2D eigenvalue weighted by atomic mass is 10.1. The Labute approximate surface area is 122 Å². The number of fused-ring (bicyclic) bond motifs is 1. The third kappa shape index (κ3) is 3.06. The maximum absolute atomic E-state index is 12.1. The van der Waals surface area contributed by atoms with Gasteiger partial charge >= 0.3 is 0 Å². The number of aromatic nitrogens is 1. The Bertz CT molecular complexity index is 678. The zero-order valence-electron chi connectivity index (χ0n) is 11.1. The van der Waals surface area contributed by atoms with Crippen molar-refractivity contribution in [2.75, 3.05) is 0 Å². The molecule has 1 aromatic heterocycles. The Balaban J connectivity index is 2.29. The van der Waals surface area contributed by atoms with Crippen molar-refractivity contribution < 1.29 is 4.79 Å². The number of nitrogens with zero attached hydrogens (tertiary/aromatic N) is 2. The highest BCUT2D eigenvalue weighted by Crippen LogP contribution is 2.22. The van der Waals surface area contributed by atoms with Gasteiger partial charge in [-0.2, -0.15) is 5.26 Å². The van der Waals surface area contributed by atoms with Crippen LogP contribution in [0.1, 0.15) is 30.3 Å². The Morgan fingerprint density at radius 1 is 1.50 bits per heavy atom. The van der Waals surface area contributed by atoms with Gasteiger partial charge < -0.3 is 5.32 Å². The summed E-state index contributed by atoms with van der Waals surface area (Å²) in [7, 11) is 0. The Hall–Kier alpha value is -2.12. The maximum atomic E-state index is 12.1. The average molecular weight is 288 g/mol. The third-order valence-electron chi connectivity index (χ3n) is 3.09. The fraction of sp³-hybridized carbons (Fsp3) is 0.267. The second-order valence-corrected chi connectivity index (χ2v) is 4.82. The molecule has 2 rings (SSSR count). The lowest BCUT2D eigenvalue weighted by Crippen LogP contribution is -2.34. The molecule has 1 N–H and O–H groups in total. The standard InChI is InChI=1S/C15H14ClN3O/c1-2-11(7-8-17)18-15(20)13-9-10-5-3-4-6-12(10)14(16)19-13/h3-6,9,11H,2,7H2,1H3,(H,18,20). The first kappa shape index (κ1) is 14.3. The summed E-state index contributed by atoms with van der Waals surface area (Å²) in [6.07, 6.45) is 0.976. The number of nitrogens with one attached hydrogen (secondary N) is 1. The highest BCUT2D eigenvalue weighted by Gasteiger charge is 2.15. The van der Waals surface area contributed by atoms with Crippen LogP contribution in [0.3, 0.4) is 0 Å². The van der Waals surface area contributed by atoms with E-state index in [0.717, 1.165) is 10.8 Å². The molecule has 1 unspecified atom stereocenters. The van der Waals surface area contributed by atoms with Gasteiger partial charge in [0, 0.05) is 11.4 Å². The molecule has 0 spiro atoms. The molecule has 1 heterocycles. The van der Waals surface area contributed by atoms with E-state index >= 15 is 0 Å². The molecular weight excluding hydrogens is 274 g/mol. The molecule has 102 valence electrons. The van der Waals surface area contributed by atoms with Crippen molar-refractivity contribution in [3.8, 4) is 6.07 Å². The molecule has 0 saturated heterocycles. The predicted octanol–water partition coefficient (Wildman–Crippen LogP) is 3.31. The summed E-state index contributed by atoms with van der Waals surface area (Å²) >= 11 is 6.09. The van der Waals surface area contributed by atoms with E-state index in [2.05, 4.69) is 16.4 Å². The van der Waals surface area contributed by atoms with Crippen molar-refractivity contribution in [3.63, 3.8) is 0 Å². The number of hydrogen-bond donors (Lipinski definition) is 1. The van der Waals surface area contributed by atoms with E-state index in [4.69, 9.17) is 16.9 Å². The summed E-state index contributed by atoms with van der Waals surface area (Å²) in [5.41, 5.74) is 0.269. The van der Waals surface area contributed by atoms with Gasteiger partial charge in [-0.25, -0.2) is 4.98 Å². The molecule has 0 aliphatic carbocycles. The molecule has 2 aromatic rings. The monoisotopic (exact) mass is 287 g/mol. The van der Waals surface area contributed by atoms with Crippen molar-refractivity contribution in [3.05, 3.63) is 41.2 Å². The van der Waals surface area contributed by atoms with Crippen LogP contribution in [0.15, 0.2) is 30.3 Å². The van der Waals surface area contributed by atoms with Gasteiger partial charge in [-0.1, -0.05) is 42.8 Å².